The van der Waals surface area contributed by atoms with Crippen LogP contribution in [0.4, 0.5) is 0 Å². The summed E-state index contributed by atoms with van der Waals surface area (Å²) in [5.41, 5.74) is 1.36. The van der Waals surface area contributed by atoms with Crippen molar-refractivity contribution in [3.8, 4) is 0 Å². The Balaban J connectivity index is 3.02. The summed E-state index contributed by atoms with van der Waals surface area (Å²) in [7, 11) is 0. The second-order valence-corrected chi connectivity index (χ2v) is 7.81. The first-order chi connectivity index (χ1) is 6.51. The van der Waals surface area contributed by atoms with Gasteiger partial charge in [0.05, 0.1) is 0 Å². The molecule has 0 nitrogen and oxygen atoms in total. The van der Waals surface area contributed by atoms with E-state index in [1.165, 1.54) is 12.8 Å². The fraction of sp³-hybridized carbons (Fsp3) is 1.00. The highest BCUT2D eigenvalue weighted by atomic mass is 14.6. The minimum Gasteiger partial charge on any atom is -0.0625 e. The quantitative estimate of drug-likeness (QED) is 0.563. The van der Waals surface area contributed by atoms with Crippen LogP contribution in [0.5, 0.6) is 0 Å². The van der Waals surface area contributed by atoms with Crippen LogP contribution in [0.25, 0.3) is 0 Å². The summed E-state index contributed by atoms with van der Waals surface area (Å²) in [6.45, 7) is 19.5. The van der Waals surface area contributed by atoms with E-state index >= 15 is 0 Å². The number of rotatable bonds is 1. The van der Waals surface area contributed by atoms with E-state index in [4.69, 9.17) is 0 Å². The van der Waals surface area contributed by atoms with Crippen molar-refractivity contribution in [1.82, 2.24) is 0 Å². The molecule has 0 N–H and O–H groups in total. The van der Waals surface area contributed by atoms with E-state index in [-0.39, 0.29) is 0 Å². The predicted molar refractivity (Wildman–Crippen MR) is 68.9 cm³/mol. The van der Waals surface area contributed by atoms with Gasteiger partial charge in [-0.15, -0.1) is 0 Å². The molecule has 1 fully saturated rings. The van der Waals surface area contributed by atoms with Crippen molar-refractivity contribution in [1.29, 1.82) is 0 Å². The highest BCUT2D eigenvalue weighted by Crippen LogP contribution is 2.61. The summed E-state index contributed by atoms with van der Waals surface area (Å²) in [6, 6.07) is 0. The molecule has 0 aromatic carbocycles. The van der Waals surface area contributed by atoms with Crippen LogP contribution in [0.3, 0.4) is 0 Å². The molecule has 0 amide bonds. The molecule has 0 aliphatic heterocycles. The molecule has 0 radical (unpaired) electrons. The first kappa shape index (κ1) is 13.1. The van der Waals surface area contributed by atoms with E-state index < -0.39 is 0 Å². The lowest BCUT2D eigenvalue weighted by molar-refractivity contribution is -0.0981. The normalized spacial score (nSPS) is 29.4. The highest BCUT2D eigenvalue weighted by Gasteiger charge is 2.53. The molecule has 0 saturated heterocycles. The lowest BCUT2D eigenvalue weighted by Crippen LogP contribution is -2.51. The maximum Gasteiger partial charge on any atom is -0.0251 e. The topological polar surface area (TPSA) is 0 Å². The van der Waals surface area contributed by atoms with Gasteiger partial charge in [-0.3, -0.25) is 0 Å². The van der Waals surface area contributed by atoms with Gasteiger partial charge in [-0.05, 0) is 40.9 Å². The van der Waals surface area contributed by atoms with Crippen LogP contribution in [-0.4, -0.2) is 0 Å². The third kappa shape index (κ3) is 1.97. The molecule has 0 heterocycles. The molecule has 0 aromatic heterocycles. The Morgan fingerprint density at radius 3 is 1.40 bits per heavy atom. The Bertz CT molecular complexity index is 210. The largest absolute Gasteiger partial charge is 0.0625 e. The predicted octanol–water partition coefficient (Wildman–Crippen LogP) is 5.13. The number of hydrogen-bond donors (Lipinski definition) is 0. The molecule has 1 saturated carbocycles. The lowest BCUT2D eigenvalue weighted by Gasteiger charge is -2.59. The molecular formula is C15H30. The van der Waals surface area contributed by atoms with Crippen LogP contribution < -0.4 is 0 Å². The van der Waals surface area contributed by atoms with E-state index in [1.54, 1.807) is 0 Å². The van der Waals surface area contributed by atoms with Crippen molar-refractivity contribution >= 4 is 0 Å². The molecule has 1 aliphatic carbocycles. The van der Waals surface area contributed by atoms with Gasteiger partial charge in [-0.25, -0.2) is 0 Å². The lowest BCUT2D eigenvalue weighted by atomic mass is 9.46. The fourth-order valence-electron chi connectivity index (χ4n) is 3.28. The van der Waals surface area contributed by atoms with Crippen molar-refractivity contribution in [3.05, 3.63) is 0 Å². The maximum absolute atomic E-state index is 2.46. The Kier molecular flexibility index (Phi) is 3.05. The second-order valence-electron chi connectivity index (χ2n) is 7.81. The van der Waals surface area contributed by atoms with Crippen LogP contribution in [0.2, 0.25) is 0 Å². The van der Waals surface area contributed by atoms with Gasteiger partial charge in [0.1, 0.15) is 0 Å². The van der Waals surface area contributed by atoms with Crippen LogP contribution in [-0.2, 0) is 0 Å². The molecule has 0 aromatic rings. The number of hydrogen-bond acceptors (Lipinski definition) is 0. The zero-order valence-electron chi connectivity index (χ0n) is 12.1. The van der Waals surface area contributed by atoms with Gasteiger partial charge in [-0.2, -0.15) is 0 Å². The van der Waals surface area contributed by atoms with Crippen LogP contribution in [0.15, 0.2) is 0 Å². The van der Waals surface area contributed by atoms with Gasteiger partial charge in [-0.1, -0.05) is 55.4 Å². The molecule has 0 spiro atoms. The van der Waals surface area contributed by atoms with Crippen molar-refractivity contribution in [2.75, 3.05) is 0 Å². The van der Waals surface area contributed by atoms with Gasteiger partial charge in [0.2, 0.25) is 0 Å². The summed E-state index contributed by atoms with van der Waals surface area (Å²) in [5, 5.41) is 0. The average molecular weight is 210 g/mol. The zero-order chi connectivity index (χ0) is 12.1. The van der Waals surface area contributed by atoms with Gasteiger partial charge in [0.15, 0.2) is 0 Å². The van der Waals surface area contributed by atoms with Crippen LogP contribution in [0.1, 0.15) is 68.2 Å². The van der Waals surface area contributed by atoms with Gasteiger partial charge in [0, 0.05) is 0 Å². The highest BCUT2D eigenvalue weighted by molar-refractivity contribution is 5.02. The Labute approximate surface area is 96.8 Å². The minimum atomic E-state index is 0.436. The summed E-state index contributed by atoms with van der Waals surface area (Å²) in [6.07, 6.45) is 2.78. The molecule has 1 aliphatic rings. The maximum atomic E-state index is 2.46. The smallest absolute Gasteiger partial charge is 0.0251 e. The molecule has 15 heavy (non-hydrogen) atoms. The Hall–Kier alpha value is 0. The van der Waals surface area contributed by atoms with Gasteiger partial charge < -0.3 is 0 Å². The zero-order valence-corrected chi connectivity index (χ0v) is 12.1. The first-order valence-corrected chi connectivity index (χ1v) is 6.51. The van der Waals surface area contributed by atoms with Gasteiger partial charge in [0.25, 0.3) is 0 Å². The van der Waals surface area contributed by atoms with Gasteiger partial charge >= 0.3 is 0 Å². The molecule has 0 bridgehead atoms. The third-order valence-electron chi connectivity index (χ3n) is 5.87. The summed E-state index contributed by atoms with van der Waals surface area (Å²) >= 11 is 0. The van der Waals surface area contributed by atoms with Crippen molar-refractivity contribution in [2.45, 2.75) is 68.2 Å². The van der Waals surface area contributed by atoms with E-state index in [0.29, 0.717) is 16.2 Å². The molecule has 90 valence electrons. The third-order valence-corrected chi connectivity index (χ3v) is 5.87. The van der Waals surface area contributed by atoms with E-state index in [2.05, 4.69) is 55.4 Å². The first-order valence-electron chi connectivity index (χ1n) is 6.51. The van der Waals surface area contributed by atoms with E-state index in [1.807, 2.05) is 0 Å². The van der Waals surface area contributed by atoms with Crippen LogP contribution in [0, 0.1) is 28.1 Å². The SMILES string of the molecule is CC(C)C1CC(C)(C)C(C)(C)C(C)(C)C1. The summed E-state index contributed by atoms with van der Waals surface area (Å²) in [4.78, 5) is 0. The molecule has 0 heteroatoms. The molecule has 0 unspecified atom stereocenters. The Morgan fingerprint density at radius 1 is 0.800 bits per heavy atom. The van der Waals surface area contributed by atoms with Crippen molar-refractivity contribution in [3.63, 3.8) is 0 Å². The van der Waals surface area contributed by atoms with Crippen molar-refractivity contribution in [2.24, 2.45) is 28.1 Å². The summed E-state index contributed by atoms with van der Waals surface area (Å²) < 4.78 is 0. The minimum absolute atomic E-state index is 0.436. The fourth-order valence-corrected chi connectivity index (χ4v) is 3.28. The Morgan fingerprint density at radius 2 is 1.13 bits per heavy atom. The molecule has 1 rings (SSSR count). The standard InChI is InChI=1S/C15H30/c1-11(2)12-9-13(3,4)15(7,8)14(5,6)10-12/h11-12H,9-10H2,1-8H3. The second kappa shape index (κ2) is 3.50. The molecule has 0 atom stereocenters. The van der Waals surface area contributed by atoms with E-state index in [9.17, 15) is 0 Å². The van der Waals surface area contributed by atoms with Crippen molar-refractivity contribution < 1.29 is 0 Å². The monoisotopic (exact) mass is 210 g/mol. The van der Waals surface area contributed by atoms with Crippen LogP contribution >= 0.6 is 0 Å². The summed E-state index contributed by atoms with van der Waals surface area (Å²) in [5.74, 6) is 1.74. The molecular weight excluding hydrogens is 180 g/mol. The average Bonchev–Trinajstić information content (AvgIpc) is 1.99. The van der Waals surface area contributed by atoms with E-state index in [0.717, 1.165) is 11.8 Å².